The molecule has 0 unspecified atom stereocenters. The largest absolute Gasteiger partial charge is 0.321 e. The van der Waals surface area contributed by atoms with Gasteiger partial charge in [0, 0.05) is 55.9 Å². The number of amides is 2. The van der Waals surface area contributed by atoms with Gasteiger partial charge in [-0.1, -0.05) is 0 Å². The van der Waals surface area contributed by atoms with Crippen LogP contribution in [-0.4, -0.2) is 11.8 Å². The molecule has 2 aromatic rings. The number of hydrogen-bond donors (Lipinski definition) is 2. The monoisotopic (exact) mass is 1070 g/mol. The molecule has 2 N–H and O–H groups in total. The molecular formula is C18H2Br10N2O2. The highest BCUT2D eigenvalue weighted by atomic mass is 79.9. The van der Waals surface area contributed by atoms with Crippen LogP contribution in [0, 0.1) is 0 Å². The van der Waals surface area contributed by atoms with E-state index in [1.807, 2.05) is 0 Å². The highest BCUT2D eigenvalue weighted by Crippen LogP contribution is 2.52. The second kappa shape index (κ2) is 9.85. The molecular weight excluding hydrogens is 1080 g/mol. The molecule has 0 fully saturated rings. The molecule has 166 valence electrons. The zero-order valence-corrected chi connectivity index (χ0v) is 30.5. The predicted octanol–water partition coefficient (Wildman–Crippen LogP) is 9.69. The van der Waals surface area contributed by atoms with Crippen molar-refractivity contribution in [3.05, 3.63) is 67.0 Å². The van der Waals surface area contributed by atoms with Crippen molar-refractivity contribution in [2.75, 3.05) is 0 Å². The first kappa shape index (κ1) is 26.7. The zero-order valence-electron chi connectivity index (χ0n) is 14.6. The molecule has 0 saturated heterocycles. The fourth-order valence-electron chi connectivity index (χ4n) is 3.20. The number of benzene rings is 2. The normalized spacial score (nSPS) is 15.6. The van der Waals surface area contributed by atoms with E-state index in [4.69, 9.17) is 0 Å². The minimum absolute atomic E-state index is 0.265. The average molecular weight is 1080 g/mol. The molecule has 0 radical (unpaired) electrons. The summed E-state index contributed by atoms with van der Waals surface area (Å²) in [4.78, 5) is 26.3. The van der Waals surface area contributed by atoms with Crippen molar-refractivity contribution in [1.29, 1.82) is 0 Å². The third-order valence-corrected chi connectivity index (χ3v) is 16.8. The average Bonchev–Trinajstić information content (AvgIpc) is 3.27. The Kier molecular flexibility index (Phi) is 8.22. The molecule has 0 spiro atoms. The molecule has 2 aromatic carbocycles. The van der Waals surface area contributed by atoms with Crippen LogP contribution < -0.4 is 10.6 Å². The fourth-order valence-corrected chi connectivity index (χ4v) is 10.1. The van der Waals surface area contributed by atoms with Crippen molar-refractivity contribution < 1.29 is 9.59 Å². The van der Waals surface area contributed by atoms with Crippen LogP contribution in [0.1, 0.15) is 11.1 Å². The first-order valence-electron chi connectivity index (χ1n) is 8.05. The van der Waals surface area contributed by atoms with Gasteiger partial charge in [0.1, 0.15) is 0 Å². The maximum absolute atomic E-state index is 13.2. The van der Waals surface area contributed by atoms with Crippen LogP contribution in [0.4, 0.5) is 0 Å². The van der Waals surface area contributed by atoms with Crippen LogP contribution in [-0.2, 0) is 9.59 Å². The molecule has 0 atom stereocenters. The summed E-state index contributed by atoms with van der Waals surface area (Å²) in [7, 11) is 0. The van der Waals surface area contributed by atoms with Crippen LogP contribution in [0.5, 0.6) is 0 Å². The summed E-state index contributed by atoms with van der Waals surface area (Å²) in [5, 5.41) is 5.76. The first-order valence-corrected chi connectivity index (χ1v) is 16.0. The summed E-state index contributed by atoms with van der Waals surface area (Å²) >= 11 is 35.5. The molecule has 14 heteroatoms. The van der Waals surface area contributed by atoms with Gasteiger partial charge in [-0.2, -0.15) is 0 Å². The fraction of sp³-hybridized carbons (Fsp3) is 0. The molecule has 2 amide bonds. The SMILES string of the molecule is O=C1NC(c2c(Br)c(Br)c(Br)c(Br)c2Br)=C2C(=O)NC(c3c(Br)c(Br)c(Br)c(Br)c3Br)=C12. The predicted molar refractivity (Wildman–Crippen MR) is 160 cm³/mol. The zero-order chi connectivity index (χ0) is 23.8. The van der Waals surface area contributed by atoms with Gasteiger partial charge in [0.25, 0.3) is 11.8 Å². The smallest absolute Gasteiger partial charge is 0.258 e. The molecule has 4 rings (SSSR count). The van der Waals surface area contributed by atoms with Crippen molar-refractivity contribution >= 4 is 183 Å². The minimum atomic E-state index is -0.383. The van der Waals surface area contributed by atoms with E-state index in [-0.39, 0.29) is 23.0 Å². The van der Waals surface area contributed by atoms with Gasteiger partial charge in [-0.15, -0.1) is 0 Å². The number of nitrogens with one attached hydrogen (secondary N) is 2. The van der Waals surface area contributed by atoms with Gasteiger partial charge in [0.2, 0.25) is 0 Å². The summed E-state index contributed by atoms with van der Waals surface area (Å²) < 4.78 is 7.14. The minimum Gasteiger partial charge on any atom is -0.321 e. The number of rotatable bonds is 2. The molecule has 0 aliphatic carbocycles. The van der Waals surface area contributed by atoms with Gasteiger partial charge < -0.3 is 10.6 Å². The van der Waals surface area contributed by atoms with Crippen LogP contribution in [0.2, 0.25) is 0 Å². The van der Waals surface area contributed by atoms with Crippen LogP contribution in [0.15, 0.2) is 55.9 Å². The van der Waals surface area contributed by atoms with Gasteiger partial charge in [-0.05, 0) is 159 Å². The third kappa shape index (κ3) is 4.06. The Morgan fingerprint density at radius 3 is 0.844 bits per heavy atom. The lowest BCUT2D eigenvalue weighted by molar-refractivity contribution is -0.117. The summed E-state index contributed by atoms with van der Waals surface area (Å²) in [5.74, 6) is -0.766. The van der Waals surface area contributed by atoms with Gasteiger partial charge in [0.15, 0.2) is 0 Å². The van der Waals surface area contributed by atoms with E-state index in [9.17, 15) is 9.59 Å². The van der Waals surface area contributed by atoms with E-state index < -0.39 is 0 Å². The lowest BCUT2D eigenvalue weighted by atomic mass is 10.0. The van der Waals surface area contributed by atoms with Crippen molar-refractivity contribution in [3.8, 4) is 0 Å². The number of halogens is 10. The number of fused-ring (bicyclic) bond motifs is 1. The maximum atomic E-state index is 13.2. The summed E-state index contributed by atoms with van der Waals surface area (Å²) in [6.07, 6.45) is 0. The quantitative estimate of drug-likeness (QED) is 0.233. The second-order valence-electron chi connectivity index (χ2n) is 6.30. The highest BCUT2D eigenvalue weighted by molar-refractivity contribution is 9.16. The highest BCUT2D eigenvalue weighted by Gasteiger charge is 2.43. The van der Waals surface area contributed by atoms with Crippen LogP contribution in [0.3, 0.4) is 0 Å². The number of carbonyl (C=O) groups excluding carboxylic acids is 2. The van der Waals surface area contributed by atoms with E-state index in [0.29, 0.717) is 40.4 Å². The maximum Gasteiger partial charge on any atom is 0.258 e. The van der Waals surface area contributed by atoms with Crippen molar-refractivity contribution in [2.24, 2.45) is 0 Å². The van der Waals surface area contributed by atoms with Crippen LogP contribution in [0.25, 0.3) is 11.4 Å². The Balaban J connectivity index is 2.07. The van der Waals surface area contributed by atoms with E-state index in [1.54, 1.807) is 0 Å². The van der Waals surface area contributed by atoms with Gasteiger partial charge in [0.05, 0.1) is 22.5 Å². The third-order valence-electron chi connectivity index (χ3n) is 4.60. The van der Waals surface area contributed by atoms with E-state index in [0.717, 1.165) is 26.8 Å². The Morgan fingerprint density at radius 2 is 0.594 bits per heavy atom. The van der Waals surface area contributed by atoms with Crippen LogP contribution >= 0.6 is 159 Å². The number of carbonyl (C=O) groups is 2. The van der Waals surface area contributed by atoms with E-state index in [2.05, 4.69) is 170 Å². The molecule has 32 heavy (non-hydrogen) atoms. The summed E-state index contributed by atoms with van der Waals surface area (Å²) in [5.41, 5.74) is 2.57. The second-order valence-corrected chi connectivity index (χ2v) is 14.2. The van der Waals surface area contributed by atoms with Crippen molar-refractivity contribution in [3.63, 3.8) is 0 Å². The lowest BCUT2D eigenvalue weighted by Crippen LogP contribution is -2.22. The Hall–Kier alpha value is 1.66. The van der Waals surface area contributed by atoms with Gasteiger partial charge in [-0.25, -0.2) is 0 Å². The Bertz CT molecular complexity index is 1200. The molecule has 2 heterocycles. The van der Waals surface area contributed by atoms with Gasteiger partial charge in [-0.3, -0.25) is 9.59 Å². The van der Waals surface area contributed by atoms with Crippen molar-refractivity contribution in [1.82, 2.24) is 10.6 Å². The summed E-state index contributed by atoms with van der Waals surface area (Å²) in [6, 6.07) is 0. The molecule has 2 aliphatic rings. The molecule has 0 saturated carbocycles. The number of hydrogen-bond acceptors (Lipinski definition) is 2. The summed E-state index contributed by atoms with van der Waals surface area (Å²) in [6.45, 7) is 0. The molecule has 0 bridgehead atoms. The first-order chi connectivity index (χ1) is 14.9. The molecule has 0 aromatic heterocycles. The standard InChI is InChI=1S/C18H2Br10N2O2/c19-5-3(6(20)10(24)13(27)9(5)23)15-1-2(18(32)29-15)16(30-17(1)31)4-7(21)11(25)14(28)12(26)8(4)22/h(H,29,32)(H,30,31). The van der Waals surface area contributed by atoms with Crippen molar-refractivity contribution in [2.45, 2.75) is 0 Å². The van der Waals surface area contributed by atoms with E-state index in [1.165, 1.54) is 0 Å². The topological polar surface area (TPSA) is 58.2 Å². The molecule has 2 aliphatic heterocycles. The Morgan fingerprint density at radius 1 is 0.375 bits per heavy atom. The molecule has 4 nitrogen and oxygen atoms in total. The van der Waals surface area contributed by atoms with Gasteiger partial charge >= 0.3 is 0 Å². The lowest BCUT2D eigenvalue weighted by Gasteiger charge is -2.16. The Labute approximate surface area is 265 Å². The van der Waals surface area contributed by atoms with E-state index >= 15 is 0 Å².